The highest BCUT2D eigenvalue weighted by atomic mass is 19.1. The first-order valence-corrected chi connectivity index (χ1v) is 9.12. The number of aromatic nitrogens is 3. The molecule has 0 aliphatic heterocycles. The molecule has 2 heterocycles. The van der Waals surface area contributed by atoms with Gasteiger partial charge in [-0.05, 0) is 44.2 Å². The second-order valence-corrected chi connectivity index (χ2v) is 6.30. The lowest BCUT2D eigenvalue weighted by molar-refractivity contribution is -0.120. The zero-order chi connectivity index (χ0) is 20.1. The van der Waals surface area contributed by atoms with Gasteiger partial charge in [-0.3, -0.25) is 4.79 Å². The molecule has 0 saturated heterocycles. The molecule has 28 heavy (non-hydrogen) atoms. The van der Waals surface area contributed by atoms with E-state index >= 15 is 0 Å². The van der Waals surface area contributed by atoms with Crippen LogP contribution in [0.4, 0.5) is 4.39 Å². The SMILES string of the molecule is CCNC(=O)Cc1c(-c2ccc(OCCF)cc2)nn2c(C)cc(CO)nc12. The van der Waals surface area contributed by atoms with E-state index in [1.54, 1.807) is 22.7 Å². The lowest BCUT2D eigenvalue weighted by Gasteiger charge is -2.06. The van der Waals surface area contributed by atoms with Crippen LogP contribution in [0.15, 0.2) is 30.3 Å². The first-order valence-electron chi connectivity index (χ1n) is 9.12. The second kappa shape index (κ2) is 8.79. The predicted octanol–water partition coefficient (Wildman–Crippen LogP) is 2.22. The molecule has 0 radical (unpaired) electrons. The van der Waals surface area contributed by atoms with Gasteiger partial charge in [0, 0.05) is 23.4 Å². The fraction of sp³-hybridized carbons (Fsp3) is 0.350. The van der Waals surface area contributed by atoms with Crippen LogP contribution < -0.4 is 10.1 Å². The Morgan fingerprint density at radius 3 is 2.71 bits per heavy atom. The number of likely N-dealkylation sites (N-methyl/N-ethyl adjacent to an activating group) is 1. The van der Waals surface area contributed by atoms with Crippen LogP contribution in [0.1, 0.15) is 23.9 Å². The first kappa shape index (κ1) is 19.8. The smallest absolute Gasteiger partial charge is 0.224 e. The number of aliphatic hydroxyl groups excluding tert-OH is 1. The minimum Gasteiger partial charge on any atom is -0.491 e. The quantitative estimate of drug-likeness (QED) is 0.620. The Morgan fingerprint density at radius 1 is 1.32 bits per heavy atom. The van der Waals surface area contributed by atoms with Gasteiger partial charge < -0.3 is 15.2 Å². The summed E-state index contributed by atoms with van der Waals surface area (Å²) in [6.07, 6.45) is 0.119. The highest BCUT2D eigenvalue weighted by Gasteiger charge is 2.20. The summed E-state index contributed by atoms with van der Waals surface area (Å²) in [7, 11) is 0. The molecule has 0 aliphatic rings. The number of alkyl halides is 1. The van der Waals surface area contributed by atoms with Crippen LogP contribution in [0.5, 0.6) is 5.75 Å². The first-order chi connectivity index (χ1) is 13.6. The average molecular weight is 386 g/mol. The average Bonchev–Trinajstić information content (AvgIpc) is 3.05. The fourth-order valence-electron chi connectivity index (χ4n) is 3.03. The molecule has 3 aromatic rings. The Kier molecular flexibility index (Phi) is 6.20. The molecule has 2 N–H and O–H groups in total. The Morgan fingerprint density at radius 2 is 2.07 bits per heavy atom. The zero-order valence-corrected chi connectivity index (χ0v) is 15.9. The molecule has 7 nitrogen and oxygen atoms in total. The minimum absolute atomic E-state index is 0.00318. The van der Waals surface area contributed by atoms with E-state index in [1.807, 2.05) is 26.0 Å². The van der Waals surface area contributed by atoms with Crippen LogP contribution in [0.2, 0.25) is 0 Å². The van der Waals surface area contributed by atoms with E-state index in [-0.39, 0.29) is 25.5 Å². The van der Waals surface area contributed by atoms with Crippen LogP contribution in [0.25, 0.3) is 16.9 Å². The molecular weight excluding hydrogens is 363 g/mol. The Balaban J connectivity index is 2.09. The van der Waals surface area contributed by atoms with Crippen LogP contribution in [0, 0.1) is 6.92 Å². The van der Waals surface area contributed by atoms with Crippen LogP contribution >= 0.6 is 0 Å². The van der Waals surface area contributed by atoms with E-state index in [2.05, 4.69) is 15.4 Å². The Hall–Kier alpha value is -3.00. The van der Waals surface area contributed by atoms with Gasteiger partial charge in [-0.1, -0.05) is 0 Å². The molecule has 0 aliphatic carbocycles. The molecular formula is C20H23FN4O3. The van der Waals surface area contributed by atoms with Crippen molar-refractivity contribution in [3.8, 4) is 17.0 Å². The van der Waals surface area contributed by atoms with Gasteiger partial charge in [0.1, 0.15) is 19.0 Å². The summed E-state index contributed by atoms with van der Waals surface area (Å²) < 4.78 is 19.2. The number of fused-ring (bicyclic) bond motifs is 1. The van der Waals surface area contributed by atoms with E-state index in [0.717, 1.165) is 11.3 Å². The molecule has 2 aromatic heterocycles. The zero-order valence-electron chi connectivity index (χ0n) is 15.9. The number of amides is 1. The number of nitrogens with one attached hydrogen (secondary N) is 1. The van der Waals surface area contributed by atoms with Gasteiger partial charge in [0.25, 0.3) is 0 Å². The topological polar surface area (TPSA) is 88.8 Å². The van der Waals surface area contributed by atoms with Crippen molar-refractivity contribution in [2.75, 3.05) is 19.8 Å². The molecule has 0 spiro atoms. The van der Waals surface area contributed by atoms with Gasteiger partial charge in [-0.15, -0.1) is 0 Å². The maximum Gasteiger partial charge on any atom is 0.224 e. The summed E-state index contributed by atoms with van der Waals surface area (Å²) in [5, 5.41) is 16.9. The Bertz CT molecular complexity index is 970. The van der Waals surface area contributed by atoms with Gasteiger partial charge >= 0.3 is 0 Å². The van der Waals surface area contributed by atoms with Crippen molar-refractivity contribution in [1.82, 2.24) is 19.9 Å². The molecule has 0 bridgehead atoms. The number of carbonyl (C=O) groups is 1. The molecule has 1 aromatic carbocycles. The molecule has 3 rings (SSSR count). The van der Waals surface area contributed by atoms with Crippen molar-refractivity contribution in [2.24, 2.45) is 0 Å². The van der Waals surface area contributed by atoms with Gasteiger partial charge in [-0.25, -0.2) is 13.9 Å². The van der Waals surface area contributed by atoms with Crippen molar-refractivity contribution in [3.63, 3.8) is 0 Å². The van der Waals surface area contributed by atoms with Crippen molar-refractivity contribution in [1.29, 1.82) is 0 Å². The number of halogens is 1. The van der Waals surface area contributed by atoms with Gasteiger partial charge in [0.2, 0.25) is 5.91 Å². The third-order valence-corrected chi connectivity index (χ3v) is 4.26. The van der Waals surface area contributed by atoms with Gasteiger partial charge in [0.15, 0.2) is 5.65 Å². The number of benzene rings is 1. The van der Waals surface area contributed by atoms with Crippen LogP contribution in [-0.2, 0) is 17.8 Å². The summed E-state index contributed by atoms with van der Waals surface area (Å²) in [5.74, 6) is 0.433. The third-order valence-electron chi connectivity index (χ3n) is 4.26. The highest BCUT2D eigenvalue weighted by Crippen LogP contribution is 2.28. The number of hydrogen-bond donors (Lipinski definition) is 2. The summed E-state index contributed by atoms with van der Waals surface area (Å²) in [6, 6.07) is 8.87. The van der Waals surface area contributed by atoms with Crippen molar-refractivity contribution >= 4 is 11.6 Å². The van der Waals surface area contributed by atoms with E-state index in [4.69, 9.17) is 4.74 Å². The number of hydrogen-bond acceptors (Lipinski definition) is 5. The number of carbonyl (C=O) groups excluding carboxylic acids is 1. The standard InChI is InChI=1S/C20H23FN4O3/c1-3-22-18(27)11-17-19(14-4-6-16(7-5-14)28-9-8-21)24-25-13(2)10-15(12-26)23-20(17)25/h4-7,10,26H,3,8-9,11-12H2,1-2H3,(H,22,27). The monoisotopic (exact) mass is 386 g/mol. The van der Waals surface area contributed by atoms with Crippen molar-refractivity contribution in [3.05, 3.63) is 47.3 Å². The van der Waals surface area contributed by atoms with E-state index in [0.29, 0.717) is 34.9 Å². The third kappa shape index (κ3) is 4.12. The molecule has 1 amide bonds. The molecule has 8 heteroatoms. The van der Waals surface area contributed by atoms with E-state index < -0.39 is 6.67 Å². The van der Waals surface area contributed by atoms with Gasteiger partial charge in [0.05, 0.1) is 24.4 Å². The lowest BCUT2D eigenvalue weighted by Crippen LogP contribution is -2.24. The highest BCUT2D eigenvalue weighted by molar-refractivity contribution is 5.84. The predicted molar refractivity (Wildman–Crippen MR) is 103 cm³/mol. The summed E-state index contributed by atoms with van der Waals surface area (Å²) in [4.78, 5) is 16.7. The fourth-order valence-corrected chi connectivity index (χ4v) is 3.03. The second-order valence-electron chi connectivity index (χ2n) is 6.30. The summed E-state index contributed by atoms with van der Waals surface area (Å²) in [5.41, 5.74) is 3.98. The molecule has 0 saturated carbocycles. The summed E-state index contributed by atoms with van der Waals surface area (Å²) >= 11 is 0. The number of aliphatic hydroxyl groups is 1. The number of rotatable bonds is 8. The lowest BCUT2D eigenvalue weighted by atomic mass is 10.0. The molecule has 0 atom stereocenters. The van der Waals surface area contributed by atoms with E-state index in [9.17, 15) is 14.3 Å². The minimum atomic E-state index is -0.553. The summed E-state index contributed by atoms with van der Waals surface area (Å²) in [6.45, 7) is 3.51. The maximum absolute atomic E-state index is 12.3. The number of aryl methyl sites for hydroxylation is 1. The van der Waals surface area contributed by atoms with Crippen molar-refractivity contribution < 1.29 is 19.0 Å². The normalized spacial score (nSPS) is 11.0. The number of ether oxygens (including phenoxy) is 1. The van der Waals surface area contributed by atoms with Gasteiger partial charge in [-0.2, -0.15) is 5.10 Å². The van der Waals surface area contributed by atoms with Crippen LogP contribution in [0.3, 0.4) is 0 Å². The Labute approximate surface area is 162 Å². The molecule has 0 unspecified atom stereocenters. The van der Waals surface area contributed by atoms with Crippen molar-refractivity contribution in [2.45, 2.75) is 26.9 Å². The molecule has 0 fully saturated rings. The van der Waals surface area contributed by atoms with E-state index in [1.165, 1.54) is 0 Å². The largest absolute Gasteiger partial charge is 0.491 e. The maximum atomic E-state index is 12.3. The molecule has 148 valence electrons. The number of nitrogens with zero attached hydrogens (tertiary/aromatic N) is 3. The van der Waals surface area contributed by atoms with Crippen LogP contribution in [-0.4, -0.2) is 45.4 Å².